The van der Waals surface area contributed by atoms with Gasteiger partial charge in [0, 0.05) is 10.7 Å². The topological polar surface area (TPSA) is 73.7 Å². The normalized spacial score (nSPS) is 17.0. The molecule has 0 spiro atoms. The minimum Gasteiger partial charge on any atom is -0.544 e. The first-order chi connectivity index (χ1) is 10.5. The molecular weight excluding hydrogens is 304 g/mol. The van der Waals surface area contributed by atoms with E-state index in [0.717, 1.165) is 42.8 Å². The molecule has 0 aromatic heterocycles. The third-order valence-corrected chi connectivity index (χ3v) is 4.53. The number of hydrogen-bond acceptors (Lipinski definition) is 3. The van der Waals surface area contributed by atoms with Gasteiger partial charge in [-0.25, -0.2) is 0 Å². The zero-order valence-electron chi connectivity index (χ0n) is 12.7. The first-order valence-corrected chi connectivity index (χ1v) is 7.96. The van der Waals surface area contributed by atoms with Crippen molar-refractivity contribution in [3.8, 4) is 0 Å². The summed E-state index contributed by atoms with van der Waals surface area (Å²) < 4.78 is 0. The molecule has 0 unspecified atom stereocenters. The minimum atomic E-state index is -1.16. The maximum atomic E-state index is 12.1. The van der Waals surface area contributed by atoms with Crippen LogP contribution in [-0.4, -0.2) is 31.0 Å². The van der Waals surface area contributed by atoms with Crippen molar-refractivity contribution in [2.45, 2.75) is 38.6 Å². The lowest BCUT2D eigenvalue weighted by Crippen LogP contribution is -3.18. The lowest BCUT2D eigenvalue weighted by atomic mass is 10.1. The van der Waals surface area contributed by atoms with Crippen molar-refractivity contribution in [3.63, 3.8) is 0 Å². The molecule has 1 amide bonds. The van der Waals surface area contributed by atoms with Crippen LogP contribution < -0.4 is 15.3 Å². The minimum absolute atomic E-state index is 0.0802. The summed E-state index contributed by atoms with van der Waals surface area (Å²) in [6.45, 7) is 3.43. The number of carboxylic acid groups (broad SMARTS) is 1. The molecule has 0 bridgehead atoms. The number of carbonyl (C=O) groups is 2. The molecule has 120 valence electrons. The molecule has 0 aliphatic carbocycles. The lowest BCUT2D eigenvalue weighted by molar-refractivity contribution is -0.922. The highest BCUT2D eigenvalue weighted by molar-refractivity contribution is 6.31. The molecule has 2 rings (SSSR count). The number of nitrogens with one attached hydrogen (secondary N) is 2. The molecule has 6 heteroatoms. The van der Waals surface area contributed by atoms with Crippen LogP contribution in [0.5, 0.6) is 0 Å². The van der Waals surface area contributed by atoms with Gasteiger partial charge < -0.3 is 20.1 Å². The predicted octanol–water partition coefficient (Wildman–Crippen LogP) is 0.164. The van der Waals surface area contributed by atoms with Crippen LogP contribution in [0.25, 0.3) is 0 Å². The van der Waals surface area contributed by atoms with E-state index in [2.05, 4.69) is 5.32 Å². The number of carbonyl (C=O) groups excluding carboxylic acids is 2. The second kappa shape index (κ2) is 7.61. The van der Waals surface area contributed by atoms with Gasteiger partial charge >= 0.3 is 0 Å². The Bertz CT molecular complexity index is 556. The second-order valence-electron chi connectivity index (χ2n) is 5.81. The number of halogens is 1. The van der Waals surface area contributed by atoms with E-state index >= 15 is 0 Å². The first-order valence-electron chi connectivity index (χ1n) is 7.59. The molecule has 1 aliphatic rings. The van der Waals surface area contributed by atoms with Gasteiger partial charge in [0.15, 0.2) is 0 Å². The summed E-state index contributed by atoms with van der Waals surface area (Å²) in [5.74, 6) is -1.49. The number of carboxylic acids is 1. The maximum absolute atomic E-state index is 12.1. The summed E-state index contributed by atoms with van der Waals surface area (Å²) in [5, 5.41) is 14.6. The molecule has 1 saturated heterocycles. The molecule has 2 N–H and O–H groups in total. The van der Waals surface area contributed by atoms with Crippen LogP contribution in [0.3, 0.4) is 0 Å². The van der Waals surface area contributed by atoms with E-state index in [1.165, 1.54) is 0 Å². The number of rotatable bonds is 5. The average Bonchev–Trinajstić information content (AvgIpc) is 2.49. The molecule has 1 heterocycles. The van der Waals surface area contributed by atoms with Gasteiger partial charge in [0.1, 0.15) is 6.04 Å². The van der Waals surface area contributed by atoms with E-state index in [4.69, 9.17) is 11.6 Å². The molecule has 0 radical (unpaired) electrons. The van der Waals surface area contributed by atoms with Crippen molar-refractivity contribution < 1.29 is 19.6 Å². The van der Waals surface area contributed by atoms with Gasteiger partial charge in [-0.3, -0.25) is 4.79 Å². The number of aliphatic carboxylic acids is 1. The fourth-order valence-corrected chi connectivity index (χ4v) is 3.00. The number of anilines is 1. The zero-order chi connectivity index (χ0) is 16.1. The van der Waals surface area contributed by atoms with Gasteiger partial charge in [-0.05, 0) is 43.9 Å². The van der Waals surface area contributed by atoms with Crippen LogP contribution in [0.4, 0.5) is 5.69 Å². The van der Waals surface area contributed by atoms with Gasteiger partial charge in [-0.2, -0.15) is 0 Å². The summed E-state index contributed by atoms with van der Waals surface area (Å²) in [7, 11) is 0. The van der Waals surface area contributed by atoms with Crippen molar-refractivity contribution >= 4 is 29.2 Å². The van der Waals surface area contributed by atoms with Gasteiger partial charge in [0.05, 0.1) is 25.5 Å². The number of benzene rings is 1. The molecular formula is C16H21ClN2O3. The van der Waals surface area contributed by atoms with Crippen molar-refractivity contribution in [1.82, 2.24) is 0 Å². The Kier molecular flexibility index (Phi) is 5.80. The number of hydrogen-bond donors (Lipinski definition) is 2. The van der Waals surface area contributed by atoms with Gasteiger partial charge in [0.2, 0.25) is 5.91 Å². The first kappa shape index (κ1) is 16.8. The lowest BCUT2D eigenvalue weighted by Gasteiger charge is -2.31. The Labute approximate surface area is 135 Å². The molecule has 1 fully saturated rings. The van der Waals surface area contributed by atoms with E-state index in [1.54, 1.807) is 12.1 Å². The molecule has 0 saturated carbocycles. The Morgan fingerprint density at radius 1 is 1.32 bits per heavy atom. The SMILES string of the molecule is Cc1ccc(NC(=O)C[C@@H](C(=O)[O-])[NH+]2CCCCC2)cc1Cl. The second-order valence-corrected chi connectivity index (χ2v) is 6.21. The smallest absolute Gasteiger partial charge is 0.230 e. The van der Waals surface area contributed by atoms with Crippen LogP contribution in [0.1, 0.15) is 31.2 Å². The van der Waals surface area contributed by atoms with E-state index in [1.807, 2.05) is 13.0 Å². The summed E-state index contributed by atoms with van der Waals surface area (Å²) in [5.41, 5.74) is 1.50. The standard InChI is InChI=1S/C16H21ClN2O3/c1-11-5-6-12(9-13(11)17)18-15(20)10-14(16(21)22)19-7-3-2-4-8-19/h5-6,9,14H,2-4,7-8,10H2,1H3,(H,18,20)(H,21,22)/t14-/m0/s1. The largest absolute Gasteiger partial charge is 0.544 e. The number of likely N-dealkylation sites (tertiary alicyclic amines) is 1. The van der Waals surface area contributed by atoms with E-state index in [-0.39, 0.29) is 12.3 Å². The number of amides is 1. The van der Waals surface area contributed by atoms with E-state index in [0.29, 0.717) is 10.7 Å². The number of piperidine rings is 1. The van der Waals surface area contributed by atoms with Crippen molar-refractivity contribution in [3.05, 3.63) is 28.8 Å². The monoisotopic (exact) mass is 324 g/mol. The quantitative estimate of drug-likeness (QED) is 0.810. The number of quaternary nitrogens is 1. The fourth-order valence-electron chi connectivity index (χ4n) is 2.82. The third-order valence-electron chi connectivity index (χ3n) is 4.12. The molecule has 1 aliphatic heterocycles. The van der Waals surface area contributed by atoms with Crippen molar-refractivity contribution in [2.24, 2.45) is 0 Å². The highest BCUT2D eigenvalue weighted by atomic mass is 35.5. The van der Waals surface area contributed by atoms with Gasteiger partial charge in [-0.1, -0.05) is 17.7 Å². The fraction of sp³-hybridized carbons (Fsp3) is 0.500. The maximum Gasteiger partial charge on any atom is 0.230 e. The third kappa shape index (κ3) is 4.45. The van der Waals surface area contributed by atoms with Crippen LogP contribution in [0, 0.1) is 6.92 Å². The summed E-state index contributed by atoms with van der Waals surface area (Å²) in [4.78, 5) is 24.4. The summed E-state index contributed by atoms with van der Waals surface area (Å²) in [6, 6.07) is 4.43. The summed E-state index contributed by atoms with van der Waals surface area (Å²) >= 11 is 6.02. The van der Waals surface area contributed by atoms with Gasteiger partial charge in [-0.15, -0.1) is 0 Å². The van der Waals surface area contributed by atoms with Crippen LogP contribution in [0.15, 0.2) is 18.2 Å². The molecule has 1 atom stereocenters. The highest BCUT2D eigenvalue weighted by Gasteiger charge is 2.27. The molecule has 5 nitrogen and oxygen atoms in total. The van der Waals surface area contributed by atoms with Crippen LogP contribution in [0.2, 0.25) is 5.02 Å². The zero-order valence-corrected chi connectivity index (χ0v) is 13.4. The summed E-state index contributed by atoms with van der Waals surface area (Å²) in [6.07, 6.45) is 3.03. The van der Waals surface area contributed by atoms with Crippen molar-refractivity contribution in [2.75, 3.05) is 18.4 Å². The highest BCUT2D eigenvalue weighted by Crippen LogP contribution is 2.20. The number of aryl methyl sites for hydroxylation is 1. The molecule has 1 aromatic rings. The van der Waals surface area contributed by atoms with Crippen molar-refractivity contribution in [1.29, 1.82) is 0 Å². The predicted molar refractivity (Wildman–Crippen MR) is 82.8 cm³/mol. The van der Waals surface area contributed by atoms with E-state index in [9.17, 15) is 14.7 Å². The van der Waals surface area contributed by atoms with Crippen LogP contribution in [-0.2, 0) is 9.59 Å². The molecule has 1 aromatic carbocycles. The Balaban J connectivity index is 1.98. The Morgan fingerprint density at radius 3 is 2.59 bits per heavy atom. The van der Waals surface area contributed by atoms with E-state index < -0.39 is 12.0 Å². The Hall–Kier alpha value is -1.59. The average molecular weight is 325 g/mol. The van der Waals surface area contributed by atoms with Crippen LogP contribution >= 0.6 is 11.6 Å². The Morgan fingerprint density at radius 2 is 2.00 bits per heavy atom. The van der Waals surface area contributed by atoms with Gasteiger partial charge in [0.25, 0.3) is 0 Å². The molecule has 22 heavy (non-hydrogen) atoms.